The summed E-state index contributed by atoms with van der Waals surface area (Å²) in [5, 5.41) is 3.62. The third-order valence-corrected chi connectivity index (χ3v) is 6.60. The van der Waals surface area contributed by atoms with Crippen molar-refractivity contribution in [1.82, 2.24) is 5.32 Å². The Balaban J connectivity index is 1.85. The maximum absolute atomic E-state index is 11.8. The van der Waals surface area contributed by atoms with Crippen LogP contribution in [0.5, 0.6) is 5.75 Å². The van der Waals surface area contributed by atoms with Crippen molar-refractivity contribution in [2.24, 2.45) is 0 Å². The Morgan fingerprint density at radius 1 is 1.38 bits per heavy atom. The molecule has 0 saturated carbocycles. The molecule has 1 N–H and O–H groups in total. The quantitative estimate of drug-likeness (QED) is 0.930. The molecule has 0 amide bonds. The molecule has 21 heavy (non-hydrogen) atoms. The van der Waals surface area contributed by atoms with Crippen molar-refractivity contribution in [3.8, 4) is 5.75 Å². The molecule has 1 saturated heterocycles. The van der Waals surface area contributed by atoms with Crippen molar-refractivity contribution in [1.29, 1.82) is 0 Å². The van der Waals surface area contributed by atoms with Crippen LogP contribution in [-0.4, -0.2) is 32.6 Å². The van der Waals surface area contributed by atoms with Crippen molar-refractivity contribution >= 4 is 9.84 Å². The van der Waals surface area contributed by atoms with E-state index < -0.39 is 9.84 Å². The lowest BCUT2D eigenvalue weighted by molar-refractivity contribution is 0.318. The summed E-state index contributed by atoms with van der Waals surface area (Å²) < 4.78 is 28.9. The van der Waals surface area contributed by atoms with E-state index in [1.165, 1.54) is 11.1 Å². The van der Waals surface area contributed by atoms with Crippen LogP contribution < -0.4 is 10.1 Å². The molecule has 1 aliphatic carbocycles. The first-order valence-corrected chi connectivity index (χ1v) is 9.38. The van der Waals surface area contributed by atoms with E-state index in [0.29, 0.717) is 12.2 Å². The van der Waals surface area contributed by atoms with Gasteiger partial charge in [-0.05, 0) is 55.9 Å². The number of aryl methyl sites for hydroxylation is 1. The second kappa shape index (κ2) is 5.29. The number of fused-ring (bicyclic) bond motifs is 1. The van der Waals surface area contributed by atoms with Crippen LogP contribution in [0.2, 0.25) is 0 Å². The van der Waals surface area contributed by atoms with Crippen LogP contribution in [0.4, 0.5) is 0 Å². The molecule has 2 atom stereocenters. The van der Waals surface area contributed by atoms with Gasteiger partial charge in [-0.1, -0.05) is 6.07 Å². The molecule has 5 heteroatoms. The molecule has 4 nitrogen and oxygen atoms in total. The van der Waals surface area contributed by atoms with Gasteiger partial charge >= 0.3 is 0 Å². The van der Waals surface area contributed by atoms with Crippen molar-refractivity contribution < 1.29 is 13.2 Å². The average Bonchev–Trinajstić information content (AvgIpc) is 2.72. The number of rotatable bonds is 3. The Kier molecular flexibility index (Phi) is 3.74. The third kappa shape index (κ3) is 3.09. The lowest BCUT2D eigenvalue weighted by atomic mass is 9.85. The van der Waals surface area contributed by atoms with Crippen LogP contribution in [0.25, 0.3) is 0 Å². The number of ether oxygens (including phenoxy) is 1. The van der Waals surface area contributed by atoms with E-state index >= 15 is 0 Å². The first kappa shape index (κ1) is 14.9. The zero-order valence-corrected chi connectivity index (χ0v) is 13.5. The third-order valence-electron chi connectivity index (χ3n) is 4.69. The van der Waals surface area contributed by atoms with E-state index in [-0.39, 0.29) is 17.3 Å². The predicted molar refractivity (Wildman–Crippen MR) is 83.5 cm³/mol. The molecule has 2 aliphatic rings. The largest absolute Gasteiger partial charge is 0.497 e. The highest BCUT2D eigenvalue weighted by molar-refractivity contribution is 7.91. The van der Waals surface area contributed by atoms with Crippen molar-refractivity contribution in [3.63, 3.8) is 0 Å². The maximum Gasteiger partial charge on any atom is 0.152 e. The van der Waals surface area contributed by atoms with Gasteiger partial charge in [-0.15, -0.1) is 0 Å². The van der Waals surface area contributed by atoms with Gasteiger partial charge in [0.05, 0.1) is 18.6 Å². The molecule has 1 fully saturated rings. The number of benzene rings is 1. The van der Waals surface area contributed by atoms with Gasteiger partial charge < -0.3 is 10.1 Å². The highest BCUT2D eigenvalue weighted by Gasteiger charge is 2.40. The number of hydrogen-bond donors (Lipinski definition) is 1. The van der Waals surface area contributed by atoms with Crippen molar-refractivity contribution in [2.45, 2.75) is 44.2 Å². The van der Waals surface area contributed by atoms with Gasteiger partial charge in [0, 0.05) is 11.6 Å². The molecule has 0 radical (unpaired) electrons. The fourth-order valence-corrected chi connectivity index (χ4v) is 5.70. The summed E-state index contributed by atoms with van der Waals surface area (Å²) in [7, 11) is -1.20. The number of hydrogen-bond acceptors (Lipinski definition) is 4. The summed E-state index contributed by atoms with van der Waals surface area (Å²) in [6.07, 6.45) is 3.98. The van der Waals surface area contributed by atoms with E-state index in [1.807, 2.05) is 13.0 Å². The highest BCUT2D eigenvalue weighted by Crippen LogP contribution is 2.35. The summed E-state index contributed by atoms with van der Waals surface area (Å²) >= 11 is 0. The zero-order chi connectivity index (χ0) is 15.1. The van der Waals surface area contributed by atoms with Crippen LogP contribution in [0.3, 0.4) is 0 Å². The van der Waals surface area contributed by atoms with E-state index in [0.717, 1.165) is 25.0 Å². The highest BCUT2D eigenvalue weighted by atomic mass is 32.2. The van der Waals surface area contributed by atoms with Gasteiger partial charge in [0.15, 0.2) is 9.84 Å². The Bertz CT molecular complexity index is 641. The normalized spacial score (nSPS) is 30.9. The van der Waals surface area contributed by atoms with Gasteiger partial charge in [-0.25, -0.2) is 8.42 Å². The van der Waals surface area contributed by atoms with Gasteiger partial charge in [0.1, 0.15) is 5.75 Å². The Hall–Kier alpha value is -1.07. The van der Waals surface area contributed by atoms with Gasteiger partial charge in [0.2, 0.25) is 0 Å². The van der Waals surface area contributed by atoms with E-state index in [4.69, 9.17) is 4.74 Å². The van der Waals surface area contributed by atoms with Crippen molar-refractivity contribution in [2.75, 3.05) is 18.6 Å². The SMILES string of the molecule is COc1ccc2c(c1)C(NC1(C)CCS(=O)(=O)C1)CCC2. The van der Waals surface area contributed by atoms with Crippen LogP contribution in [-0.2, 0) is 16.3 Å². The minimum Gasteiger partial charge on any atom is -0.497 e. The van der Waals surface area contributed by atoms with Gasteiger partial charge in [-0.3, -0.25) is 0 Å². The summed E-state index contributed by atoms with van der Waals surface area (Å²) in [6, 6.07) is 6.46. The zero-order valence-electron chi connectivity index (χ0n) is 12.7. The summed E-state index contributed by atoms with van der Waals surface area (Å²) in [5.41, 5.74) is 2.32. The monoisotopic (exact) mass is 309 g/mol. The Morgan fingerprint density at radius 3 is 2.86 bits per heavy atom. The summed E-state index contributed by atoms with van der Waals surface area (Å²) in [5.74, 6) is 1.41. The molecule has 0 aromatic heterocycles. The summed E-state index contributed by atoms with van der Waals surface area (Å²) in [4.78, 5) is 0. The molecular weight excluding hydrogens is 286 g/mol. The lowest BCUT2D eigenvalue weighted by Crippen LogP contribution is -2.46. The van der Waals surface area contributed by atoms with Crippen LogP contribution in [0.1, 0.15) is 43.4 Å². The smallest absolute Gasteiger partial charge is 0.152 e. The molecular formula is C16H23NO3S. The second-order valence-corrected chi connectivity index (χ2v) is 8.74. The average molecular weight is 309 g/mol. The minimum absolute atomic E-state index is 0.224. The summed E-state index contributed by atoms with van der Waals surface area (Å²) in [6.45, 7) is 2.03. The molecule has 1 aliphatic heterocycles. The van der Waals surface area contributed by atoms with E-state index in [1.54, 1.807) is 7.11 Å². The number of methoxy groups -OCH3 is 1. The van der Waals surface area contributed by atoms with Crippen LogP contribution in [0, 0.1) is 0 Å². The topological polar surface area (TPSA) is 55.4 Å². The maximum atomic E-state index is 11.8. The molecule has 0 spiro atoms. The molecule has 116 valence electrons. The Labute approximate surface area is 126 Å². The fraction of sp³-hybridized carbons (Fsp3) is 0.625. The molecule has 1 aromatic carbocycles. The van der Waals surface area contributed by atoms with Crippen molar-refractivity contribution in [3.05, 3.63) is 29.3 Å². The van der Waals surface area contributed by atoms with Gasteiger partial charge in [-0.2, -0.15) is 0 Å². The molecule has 1 heterocycles. The number of sulfone groups is 1. The predicted octanol–water partition coefficient (Wildman–Crippen LogP) is 2.24. The molecule has 1 aromatic rings. The lowest BCUT2D eigenvalue weighted by Gasteiger charge is -2.34. The van der Waals surface area contributed by atoms with E-state index in [9.17, 15) is 8.42 Å². The van der Waals surface area contributed by atoms with Crippen LogP contribution >= 0.6 is 0 Å². The first-order valence-electron chi connectivity index (χ1n) is 7.56. The van der Waals surface area contributed by atoms with Gasteiger partial charge in [0.25, 0.3) is 0 Å². The molecule has 2 unspecified atom stereocenters. The van der Waals surface area contributed by atoms with Crippen LogP contribution in [0.15, 0.2) is 18.2 Å². The molecule has 0 bridgehead atoms. The Morgan fingerprint density at radius 2 is 2.19 bits per heavy atom. The standard InChI is InChI=1S/C16H23NO3S/c1-16(8-9-21(18,19)11-16)17-15-5-3-4-12-6-7-13(20-2)10-14(12)15/h6-7,10,15,17H,3-5,8-9,11H2,1-2H3. The minimum atomic E-state index is -2.88. The number of nitrogens with one attached hydrogen (secondary N) is 1. The van der Waals surface area contributed by atoms with E-state index in [2.05, 4.69) is 17.4 Å². The first-order chi connectivity index (χ1) is 9.91. The molecule has 3 rings (SSSR count). The fourth-order valence-electron chi connectivity index (χ4n) is 3.60. The second-order valence-electron chi connectivity index (χ2n) is 6.56.